The first-order valence-corrected chi connectivity index (χ1v) is 8.89. The Bertz CT molecular complexity index is 624. The minimum Gasteiger partial charge on any atom is -0.493 e. The third-order valence-electron chi connectivity index (χ3n) is 5.52. The van der Waals surface area contributed by atoms with Gasteiger partial charge in [0.1, 0.15) is 11.5 Å². The molecular weight excluding hydrogens is 316 g/mol. The largest absolute Gasteiger partial charge is 0.493 e. The average molecular weight is 337 g/mol. The van der Waals surface area contributed by atoms with E-state index in [1.165, 1.54) is 0 Å². The molecule has 1 fully saturated rings. The van der Waals surface area contributed by atoms with Crippen LogP contribution in [0.3, 0.4) is 0 Å². The molecule has 23 heavy (non-hydrogen) atoms. The summed E-state index contributed by atoms with van der Waals surface area (Å²) in [6, 6.07) is 0. The highest BCUT2D eigenvalue weighted by Crippen LogP contribution is 2.54. The van der Waals surface area contributed by atoms with Crippen LogP contribution in [-0.2, 0) is 23.1 Å². The van der Waals surface area contributed by atoms with Crippen molar-refractivity contribution in [2.24, 2.45) is 0 Å². The number of ether oxygens (including phenoxy) is 2. The number of hydrogen-bond donors (Lipinski definition) is 1. The maximum Gasteiger partial charge on any atom is 0.314 e. The summed E-state index contributed by atoms with van der Waals surface area (Å²) in [6.45, 7) is 1.28. The van der Waals surface area contributed by atoms with Gasteiger partial charge in [-0.3, -0.25) is 4.79 Å². The highest BCUT2D eigenvalue weighted by Gasteiger charge is 2.48. The van der Waals surface area contributed by atoms with Crippen molar-refractivity contribution in [1.82, 2.24) is 0 Å². The minimum atomic E-state index is -0.837. The van der Waals surface area contributed by atoms with E-state index in [1.807, 2.05) is 0 Å². The van der Waals surface area contributed by atoms with Crippen LogP contribution >= 0.6 is 11.6 Å². The number of carboxylic acid groups (broad SMARTS) is 1. The molecule has 2 aliphatic heterocycles. The summed E-state index contributed by atoms with van der Waals surface area (Å²) >= 11 is 6.60. The Hall–Kier alpha value is -1.42. The van der Waals surface area contributed by atoms with Gasteiger partial charge in [0.05, 0.1) is 23.7 Å². The first-order valence-electron chi connectivity index (χ1n) is 8.52. The Morgan fingerprint density at radius 3 is 2.22 bits per heavy atom. The summed E-state index contributed by atoms with van der Waals surface area (Å²) in [7, 11) is 0. The summed E-state index contributed by atoms with van der Waals surface area (Å²) in [6.07, 6.45) is 6.68. The summed E-state index contributed by atoms with van der Waals surface area (Å²) in [4.78, 5) is 12.3. The fraction of sp³-hybridized carbons (Fsp3) is 0.611. The van der Waals surface area contributed by atoms with Gasteiger partial charge in [-0.05, 0) is 38.5 Å². The Balaban J connectivity index is 2.03. The highest BCUT2D eigenvalue weighted by molar-refractivity contribution is 6.33. The first-order chi connectivity index (χ1) is 11.1. The normalized spacial score (nSPS) is 21.8. The third kappa shape index (κ3) is 2.14. The van der Waals surface area contributed by atoms with Crippen molar-refractivity contribution in [3.05, 3.63) is 21.7 Å². The number of rotatable bonds is 2. The Labute approximate surface area is 140 Å². The summed E-state index contributed by atoms with van der Waals surface area (Å²) < 4.78 is 11.9. The molecule has 0 bridgehead atoms. The molecule has 0 atom stereocenters. The predicted molar refractivity (Wildman–Crippen MR) is 86.9 cm³/mol. The fourth-order valence-corrected chi connectivity index (χ4v) is 4.79. The lowest BCUT2D eigenvalue weighted by molar-refractivity contribution is -0.143. The van der Waals surface area contributed by atoms with E-state index in [4.69, 9.17) is 21.1 Å². The van der Waals surface area contributed by atoms with Crippen molar-refractivity contribution in [2.75, 3.05) is 13.2 Å². The number of hydrogen-bond acceptors (Lipinski definition) is 3. The van der Waals surface area contributed by atoms with Crippen LogP contribution in [0.15, 0.2) is 0 Å². The van der Waals surface area contributed by atoms with Gasteiger partial charge in [0.15, 0.2) is 0 Å². The van der Waals surface area contributed by atoms with Crippen molar-refractivity contribution in [2.45, 2.75) is 56.8 Å². The molecule has 0 amide bonds. The quantitative estimate of drug-likeness (QED) is 0.890. The van der Waals surface area contributed by atoms with Gasteiger partial charge in [0, 0.05) is 16.7 Å². The maximum atomic E-state index is 12.3. The topological polar surface area (TPSA) is 55.8 Å². The van der Waals surface area contributed by atoms with Crippen molar-refractivity contribution >= 4 is 17.6 Å². The molecule has 0 saturated heterocycles. The van der Waals surface area contributed by atoms with Crippen LogP contribution in [0.25, 0.3) is 0 Å². The van der Waals surface area contributed by atoms with Gasteiger partial charge in [-0.2, -0.15) is 0 Å². The van der Waals surface area contributed by atoms with Gasteiger partial charge >= 0.3 is 5.97 Å². The smallest absolute Gasteiger partial charge is 0.314 e. The lowest BCUT2D eigenvalue weighted by Gasteiger charge is -2.35. The maximum absolute atomic E-state index is 12.3. The van der Waals surface area contributed by atoms with E-state index in [0.29, 0.717) is 36.8 Å². The van der Waals surface area contributed by atoms with Crippen molar-refractivity contribution in [3.8, 4) is 11.5 Å². The van der Waals surface area contributed by atoms with Gasteiger partial charge < -0.3 is 14.6 Å². The zero-order valence-corrected chi connectivity index (χ0v) is 13.9. The molecule has 1 aromatic carbocycles. The van der Waals surface area contributed by atoms with Crippen LogP contribution in [0.2, 0.25) is 5.02 Å². The molecule has 0 unspecified atom stereocenters. The van der Waals surface area contributed by atoms with Gasteiger partial charge in [0.2, 0.25) is 0 Å². The number of fused-ring (bicyclic) bond motifs is 2. The van der Waals surface area contributed by atoms with Crippen molar-refractivity contribution in [3.63, 3.8) is 0 Å². The van der Waals surface area contributed by atoms with Crippen molar-refractivity contribution in [1.29, 1.82) is 0 Å². The molecule has 4 nitrogen and oxygen atoms in total. The van der Waals surface area contributed by atoms with Crippen molar-refractivity contribution < 1.29 is 19.4 Å². The van der Waals surface area contributed by atoms with Crippen LogP contribution in [0.4, 0.5) is 0 Å². The lowest BCUT2D eigenvalue weighted by Crippen LogP contribution is -2.36. The second-order valence-electron chi connectivity index (χ2n) is 6.80. The monoisotopic (exact) mass is 336 g/mol. The van der Waals surface area contributed by atoms with E-state index in [1.54, 1.807) is 0 Å². The molecule has 2 heterocycles. The zero-order chi connectivity index (χ0) is 16.0. The van der Waals surface area contributed by atoms with E-state index in [2.05, 4.69) is 0 Å². The number of carboxylic acids is 1. The second-order valence-corrected chi connectivity index (χ2v) is 7.18. The predicted octanol–water partition coefficient (Wildman–Crippen LogP) is 3.89. The number of benzene rings is 1. The molecule has 4 rings (SSSR count). The van der Waals surface area contributed by atoms with Gasteiger partial charge in [-0.25, -0.2) is 0 Å². The summed E-state index contributed by atoms with van der Waals surface area (Å²) in [5.74, 6) is 0.723. The van der Waals surface area contributed by atoms with E-state index in [-0.39, 0.29) is 0 Å². The molecule has 0 spiro atoms. The SMILES string of the molecule is O=C(O)C1(c2c3c(c(Cl)c4c2OCCC4)OCCC3)CCCC1. The molecule has 1 N–H and O–H groups in total. The fourth-order valence-electron chi connectivity index (χ4n) is 4.44. The molecule has 124 valence electrons. The zero-order valence-electron chi connectivity index (χ0n) is 13.1. The lowest BCUT2D eigenvalue weighted by atomic mass is 9.73. The van der Waals surface area contributed by atoms with Gasteiger partial charge in [0.25, 0.3) is 0 Å². The van der Waals surface area contributed by atoms with Crippen LogP contribution in [-0.4, -0.2) is 24.3 Å². The average Bonchev–Trinajstić information content (AvgIpc) is 3.06. The van der Waals surface area contributed by atoms with E-state index < -0.39 is 11.4 Å². The second kappa shape index (κ2) is 5.59. The molecule has 0 radical (unpaired) electrons. The van der Waals surface area contributed by atoms with Crippen LogP contribution < -0.4 is 9.47 Å². The van der Waals surface area contributed by atoms with E-state index in [9.17, 15) is 9.90 Å². The molecule has 1 aliphatic carbocycles. The van der Waals surface area contributed by atoms with Crippen LogP contribution in [0.1, 0.15) is 55.2 Å². The third-order valence-corrected chi connectivity index (χ3v) is 5.92. The molecule has 5 heteroatoms. The van der Waals surface area contributed by atoms with Crippen LogP contribution in [0, 0.1) is 0 Å². The standard InChI is InChI=1S/C18H21ClO4/c19-14-12-6-4-9-22-15(12)13(11-5-3-10-23-16(11)14)18(17(20)21)7-1-2-8-18/h1-10H2,(H,20,21). The van der Waals surface area contributed by atoms with Crippen LogP contribution in [0.5, 0.6) is 11.5 Å². The number of carbonyl (C=O) groups is 1. The molecule has 1 aromatic rings. The van der Waals surface area contributed by atoms with Gasteiger partial charge in [-0.15, -0.1) is 0 Å². The minimum absolute atomic E-state index is 0.631. The molecular formula is C18H21ClO4. The Kier molecular flexibility index (Phi) is 3.67. The Morgan fingerprint density at radius 2 is 1.57 bits per heavy atom. The van der Waals surface area contributed by atoms with Gasteiger partial charge in [-0.1, -0.05) is 24.4 Å². The number of aliphatic carboxylic acids is 1. The Morgan fingerprint density at radius 1 is 0.957 bits per heavy atom. The molecule has 3 aliphatic rings. The molecule has 0 aromatic heterocycles. The molecule has 1 saturated carbocycles. The summed E-state index contributed by atoms with van der Waals surface area (Å²) in [5.41, 5.74) is 1.96. The highest BCUT2D eigenvalue weighted by atomic mass is 35.5. The van der Waals surface area contributed by atoms with E-state index in [0.717, 1.165) is 61.0 Å². The van der Waals surface area contributed by atoms with E-state index >= 15 is 0 Å². The number of halogens is 1. The first kappa shape index (κ1) is 15.1. The summed E-state index contributed by atoms with van der Waals surface area (Å²) in [5, 5.41) is 10.7.